The predicted octanol–water partition coefficient (Wildman–Crippen LogP) is 2.66. The topological polar surface area (TPSA) is 67.2 Å². The fraction of sp³-hybridized carbons (Fsp3) is 0.500. The maximum absolute atomic E-state index is 13.1. The van der Waals surface area contributed by atoms with Crippen LogP contribution >= 0.6 is 11.3 Å². The minimum absolute atomic E-state index is 0.0891. The van der Waals surface area contributed by atoms with Crippen molar-refractivity contribution < 1.29 is 4.79 Å². The lowest BCUT2D eigenvalue weighted by Gasteiger charge is -2.22. The van der Waals surface area contributed by atoms with Gasteiger partial charge in [0.2, 0.25) is 0 Å². The summed E-state index contributed by atoms with van der Waals surface area (Å²) in [5.41, 5.74) is 1.70. The summed E-state index contributed by atoms with van der Waals surface area (Å²) in [5.74, 6) is 2.15. The van der Waals surface area contributed by atoms with E-state index in [0.717, 1.165) is 58.4 Å². The van der Waals surface area contributed by atoms with Crippen LogP contribution in [0, 0.1) is 6.92 Å². The quantitative estimate of drug-likeness (QED) is 0.666. The van der Waals surface area contributed by atoms with Crippen molar-refractivity contribution in [3.63, 3.8) is 0 Å². The Balaban J connectivity index is 1.36. The number of benzene rings is 1. The third-order valence-electron chi connectivity index (χ3n) is 5.90. The van der Waals surface area contributed by atoms with E-state index in [2.05, 4.69) is 31.7 Å². The molecule has 1 aromatic carbocycles. The first kappa shape index (κ1) is 17.8. The van der Waals surface area contributed by atoms with Crippen LogP contribution < -0.4 is 0 Å². The van der Waals surface area contributed by atoms with E-state index in [1.165, 1.54) is 6.42 Å². The van der Waals surface area contributed by atoms with E-state index in [-0.39, 0.29) is 5.91 Å². The summed E-state index contributed by atoms with van der Waals surface area (Å²) in [6.07, 6.45) is 3.08. The van der Waals surface area contributed by atoms with Crippen molar-refractivity contribution in [1.29, 1.82) is 0 Å². The summed E-state index contributed by atoms with van der Waals surface area (Å²) in [6.45, 7) is 5.23. The first-order valence-corrected chi connectivity index (χ1v) is 10.7. The van der Waals surface area contributed by atoms with Gasteiger partial charge in [-0.25, -0.2) is 4.98 Å². The molecule has 8 heteroatoms. The number of amides is 1. The van der Waals surface area contributed by atoms with E-state index in [4.69, 9.17) is 0 Å². The van der Waals surface area contributed by atoms with Crippen LogP contribution in [0.5, 0.6) is 0 Å². The molecule has 0 saturated carbocycles. The molecule has 0 unspecified atom stereocenters. The Kier molecular flexibility index (Phi) is 4.40. The summed E-state index contributed by atoms with van der Waals surface area (Å²) in [5, 5.41) is 9.97. The molecule has 0 spiro atoms. The highest BCUT2D eigenvalue weighted by Gasteiger charge is 2.30. The van der Waals surface area contributed by atoms with Crippen molar-refractivity contribution in [1.82, 2.24) is 29.5 Å². The van der Waals surface area contributed by atoms with Crippen LogP contribution in [-0.2, 0) is 13.0 Å². The molecule has 1 atom stereocenters. The lowest BCUT2D eigenvalue weighted by atomic mass is 10.2. The molecule has 1 fully saturated rings. The Hall–Kier alpha value is -2.32. The number of rotatable bonds is 2. The van der Waals surface area contributed by atoms with E-state index in [9.17, 15) is 4.79 Å². The maximum atomic E-state index is 13.1. The smallest absolute Gasteiger partial charge is 0.253 e. The summed E-state index contributed by atoms with van der Waals surface area (Å²) in [6, 6.07) is 6.17. The zero-order valence-electron chi connectivity index (χ0n) is 16.3. The average Bonchev–Trinajstić information content (AvgIpc) is 3.34. The number of nitrogens with zero attached hydrogens (tertiary/aromatic N) is 6. The molecule has 0 bridgehead atoms. The van der Waals surface area contributed by atoms with Gasteiger partial charge in [0.05, 0.1) is 21.3 Å². The van der Waals surface area contributed by atoms with E-state index >= 15 is 0 Å². The summed E-state index contributed by atoms with van der Waals surface area (Å²) in [7, 11) is 2.16. The van der Waals surface area contributed by atoms with Crippen LogP contribution in [-0.4, -0.2) is 62.1 Å². The number of carbonyl (C=O) groups excluding carboxylic acids is 1. The van der Waals surface area contributed by atoms with Gasteiger partial charge in [-0.05, 0) is 51.6 Å². The molecule has 2 aromatic heterocycles. The molecular weight excluding hydrogens is 372 g/mol. The Labute approximate surface area is 168 Å². The number of hydrogen-bond acceptors (Lipinski definition) is 6. The van der Waals surface area contributed by atoms with Gasteiger partial charge in [0.1, 0.15) is 11.6 Å². The van der Waals surface area contributed by atoms with Gasteiger partial charge in [-0.3, -0.25) is 9.69 Å². The first-order chi connectivity index (χ1) is 13.6. The van der Waals surface area contributed by atoms with Crippen LogP contribution in [0.25, 0.3) is 10.2 Å². The van der Waals surface area contributed by atoms with Crippen molar-refractivity contribution in [2.75, 3.05) is 26.7 Å². The average molecular weight is 397 g/mol. The minimum Gasteiger partial charge on any atom is -0.336 e. The van der Waals surface area contributed by atoms with E-state index < -0.39 is 0 Å². The fourth-order valence-corrected chi connectivity index (χ4v) is 5.25. The second kappa shape index (κ2) is 6.93. The molecule has 2 aliphatic heterocycles. The fourth-order valence-electron chi connectivity index (χ4n) is 4.39. The number of aryl methyl sites for hydroxylation is 1. The number of hydrogen-bond donors (Lipinski definition) is 0. The summed E-state index contributed by atoms with van der Waals surface area (Å²) < 4.78 is 3.32. The van der Waals surface area contributed by atoms with E-state index in [1.54, 1.807) is 11.3 Å². The van der Waals surface area contributed by atoms with Crippen LogP contribution in [0.2, 0.25) is 0 Å². The number of carbonyl (C=O) groups is 1. The Morgan fingerprint density at radius 3 is 2.89 bits per heavy atom. The number of aromatic nitrogens is 4. The molecule has 146 valence electrons. The molecule has 1 saturated heterocycles. The van der Waals surface area contributed by atoms with Crippen LogP contribution in [0.1, 0.15) is 45.9 Å². The highest BCUT2D eigenvalue weighted by molar-refractivity contribution is 7.18. The molecule has 1 amide bonds. The van der Waals surface area contributed by atoms with Gasteiger partial charge in [0, 0.05) is 31.6 Å². The lowest BCUT2D eigenvalue weighted by Crippen LogP contribution is -2.34. The molecule has 2 aliphatic rings. The Morgan fingerprint density at radius 2 is 2.07 bits per heavy atom. The molecule has 3 aromatic rings. The van der Waals surface area contributed by atoms with Gasteiger partial charge < -0.3 is 9.47 Å². The van der Waals surface area contributed by atoms with Crippen LogP contribution in [0.15, 0.2) is 18.2 Å². The van der Waals surface area contributed by atoms with Crippen molar-refractivity contribution in [3.8, 4) is 0 Å². The maximum Gasteiger partial charge on any atom is 0.253 e. The third kappa shape index (κ3) is 3.00. The van der Waals surface area contributed by atoms with Gasteiger partial charge >= 0.3 is 0 Å². The number of thiazole rings is 1. The highest BCUT2D eigenvalue weighted by Crippen LogP contribution is 2.30. The van der Waals surface area contributed by atoms with Crippen molar-refractivity contribution in [2.45, 2.75) is 38.8 Å². The normalized spacial score (nSPS) is 20.5. The van der Waals surface area contributed by atoms with Crippen LogP contribution in [0.3, 0.4) is 0 Å². The Bertz CT molecular complexity index is 1040. The summed E-state index contributed by atoms with van der Waals surface area (Å²) in [4.78, 5) is 21.9. The lowest BCUT2D eigenvalue weighted by molar-refractivity contribution is 0.0758. The largest absolute Gasteiger partial charge is 0.336 e. The second-order valence-electron chi connectivity index (χ2n) is 7.72. The molecule has 5 rings (SSSR count). The third-order valence-corrected chi connectivity index (χ3v) is 6.84. The number of fused-ring (bicyclic) bond motifs is 2. The second-order valence-corrected chi connectivity index (χ2v) is 8.96. The molecule has 0 radical (unpaired) electrons. The van der Waals surface area contributed by atoms with E-state index in [0.29, 0.717) is 19.1 Å². The van der Waals surface area contributed by atoms with Gasteiger partial charge in [-0.1, -0.05) is 0 Å². The van der Waals surface area contributed by atoms with Gasteiger partial charge in [0.15, 0.2) is 0 Å². The van der Waals surface area contributed by atoms with Gasteiger partial charge in [-0.2, -0.15) is 0 Å². The summed E-state index contributed by atoms with van der Waals surface area (Å²) >= 11 is 1.63. The minimum atomic E-state index is 0.0891. The standard InChI is InChI=1S/C20H24N6OS/c1-13-21-15-6-5-14(12-17(15)28-13)20(27)25-9-7-18-22-23-19(26(18)11-10-25)16-4-3-8-24(16)2/h5-6,12,16H,3-4,7-11H2,1-2H3/t16-/m0/s1. The van der Waals surface area contributed by atoms with Crippen molar-refractivity contribution in [3.05, 3.63) is 40.4 Å². The highest BCUT2D eigenvalue weighted by atomic mass is 32.1. The zero-order valence-corrected chi connectivity index (χ0v) is 17.1. The molecule has 0 N–H and O–H groups in total. The van der Waals surface area contributed by atoms with Crippen molar-refractivity contribution >= 4 is 27.5 Å². The predicted molar refractivity (Wildman–Crippen MR) is 109 cm³/mol. The van der Waals surface area contributed by atoms with Gasteiger partial charge in [0.25, 0.3) is 5.91 Å². The van der Waals surface area contributed by atoms with Crippen LogP contribution in [0.4, 0.5) is 0 Å². The molecule has 4 heterocycles. The number of likely N-dealkylation sites (tertiary alicyclic amines) is 1. The van der Waals surface area contributed by atoms with Gasteiger partial charge in [-0.15, -0.1) is 21.5 Å². The molecule has 7 nitrogen and oxygen atoms in total. The Morgan fingerprint density at radius 1 is 1.18 bits per heavy atom. The monoisotopic (exact) mass is 396 g/mol. The zero-order chi connectivity index (χ0) is 19.3. The molecule has 28 heavy (non-hydrogen) atoms. The molecular formula is C20H24N6OS. The molecule has 0 aliphatic carbocycles. The van der Waals surface area contributed by atoms with Crippen molar-refractivity contribution in [2.24, 2.45) is 0 Å². The first-order valence-electron chi connectivity index (χ1n) is 9.89. The van der Waals surface area contributed by atoms with E-state index in [1.807, 2.05) is 30.0 Å². The SMILES string of the molecule is Cc1nc2ccc(C(=O)N3CCc4nnc([C@@H]5CCCN5C)n4CC3)cc2s1.